The van der Waals surface area contributed by atoms with Gasteiger partial charge in [-0.25, -0.2) is 13.4 Å². The van der Waals surface area contributed by atoms with E-state index in [-0.39, 0.29) is 10.8 Å². The first-order valence-corrected chi connectivity index (χ1v) is 11.5. The molecule has 0 saturated carbocycles. The predicted molar refractivity (Wildman–Crippen MR) is 108 cm³/mol. The van der Waals surface area contributed by atoms with Crippen molar-refractivity contribution in [2.75, 3.05) is 18.4 Å². The van der Waals surface area contributed by atoms with Crippen molar-refractivity contribution < 1.29 is 13.2 Å². The van der Waals surface area contributed by atoms with E-state index >= 15 is 0 Å². The number of carbonyl (C=O) groups is 1. The smallest absolute Gasteiger partial charge is 0.257 e. The molecule has 1 amide bonds. The molecule has 1 N–H and O–H groups in total. The molecule has 0 saturated heterocycles. The van der Waals surface area contributed by atoms with E-state index in [9.17, 15) is 13.2 Å². The van der Waals surface area contributed by atoms with Crippen LogP contribution in [0.1, 0.15) is 48.1 Å². The van der Waals surface area contributed by atoms with Crippen molar-refractivity contribution >= 4 is 32.4 Å². The zero-order chi connectivity index (χ0) is 19.6. The molecule has 2 aromatic rings. The fourth-order valence-corrected chi connectivity index (χ4v) is 5.88. The first-order valence-electron chi connectivity index (χ1n) is 9.25. The summed E-state index contributed by atoms with van der Waals surface area (Å²) in [6, 6.07) is 6.05. The third-order valence-corrected chi connectivity index (χ3v) is 7.97. The second kappa shape index (κ2) is 8.08. The van der Waals surface area contributed by atoms with Crippen LogP contribution in [0.3, 0.4) is 0 Å². The van der Waals surface area contributed by atoms with Crippen molar-refractivity contribution in [3.05, 3.63) is 40.4 Å². The summed E-state index contributed by atoms with van der Waals surface area (Å²) in [5.74, 6) is 0.378. The van der Waals surface area contributed by atoms with Gasteiger partial charge in [0.1, 0.15) is 0 Å². The van der Waals surface area contributed by atoms with Crippen LogP contribution in [0, 0.1) is 5.92 Å². The third kappa shape index (κ3) is 4.23. The van der Waals surface area contributed by atoms with Crippen LogP contribution in [0.2, 0.25) is 0 Å². The van der Waals surface area contributed by atoms with Crippen LogP contribution in [0.5, 0.6) is 0 Å². The summed E-state index contributed by atoms with van der Waals surface area (Å²) in [7, 11) is -3.52. The quantitative estimate of drug-likeness (QED) is 0.794. The van der Waals surface area contributed by atoms with E-state index in [0.717, 1.165) is 25.0 Å². The third-order valence-electron chi connectivity index (χ3n) is 4.87. The highest BCUT2D eigenvalue weighted by Crippen LogP contribution is 2.32. The maximum absolute atomic E-state index is 12.5. The largest absolute Gasteiger partial charge is 0.298 e. The number of nitrogens with zero attached hydrogens (tertiary/aromatic N) is 2. The molecule has 146 valence electrons. The zero-order valence-electron chi connectivity index (χ0n) is 15.9. The van der Waals surface area contributed by atoms with Crippen LogP contribution < -0.4 is 5.32 Å². The minimum atomic E-state index is -3.52. The van der Waals surface area contributed by atoms with Gasteiger partial charge < -0.3 is 0 Å². The number of carbonyl (C=O) groups excluding carboxylic acids is 1. The molecule has 3 rings (SSSR count). The van der Waals surface area contributed by atoms with Crippen molar-refractivity contribution in [3.63, 3.8) is 0 Å². The molecule has 27 heavy (non-hydrogen) atoms. The first kappa shape index (κ1) is 20.0. The van der Waals surface area contributed by atoms with E-state index < -0.39 is 10.0 Å². The average molecular weight is 408 g/mol. The second-order valence-electron chi connectivity index (χ2n) is 6.80. The van der Waals surface area contributed by atoms with Crippen LogP contribution in [0.25, 0.3) is 0 Å². The molecule has 0 bridgehead atoms. The maximum Gasteiger partial charge on any atom is 0.257 e. The average Bonchev–Trinajstić information content (AvgIpc) is 3.03. The molecular weight excluding hydrogens is 382 g/mol. The Morgan fingerprint density at radius 2 is 1.93 bits per heavy atom. The van der Waals surface area contributed by atoms with E-state index in [1.165, 1.54) is 32.7 Å². The minimum Gasteiger partial charge on any atom is -0.298 e. The molecule has 1 aliphatic carbocycles. The number of fused-ring (bicyclic) bond motifs is 1. The normalized spacial score (nSPS) is 17.0. The molecule has 1 aromatic heterocycles. The van der Waals surface area contributed by atoms with Crippen molar-refractivity contribution in [2.24, 2.45) is 5.92 Å². The lowest BCUT2D eigenvalue weighted by Gasteiger charge is -2.18. The highest BCUT2D eigenvalue weighted by atomic mass is 32.2. The van der Waals surface area contributed by atoms with Gasteiger partial charge in [0.2, 0.25) is 10.0 Å². The number of aromatic nitrogens is 1. The summed E-state index contributed by atoms with van der Waals surface area (Å²) in [6.45, 7) is 6.66. The molecule has 1 aliphatic rings. The summed E-state index contributed by atoms with van der Waals surface area (Å²) in [5, 5.41) is 3.45. The number of sulfonamides is 1. The zero-order valence-corrected chi connectivity index (χ0v) is 17.5. The van der Waals surface area contributed by atoms with Crippen LogP contribution in [0.15, 0.2) is 29.2 Å². The number of amides is 1. The maximum atomic E-state index is 12.5. The van der Waals surface area contributed by atoms with Gasteiger partial charge in [0, 0.05) is 23.5 Å². The standard InChI is InChI=1S/C19H25N3O3S2/c1-4-22(5-2)27(24,25)15-9-7-14(8-10-15)18(23)21-19-20-16-11-6-13(3)12-17(16)26-19/h7-10,13H,4-6,11-12H2,1-3H3,(H,20,21,23). The van der Waals surface area contributed by atoms with Crippen LogP contribution in [0.4, 0.5) is 5.13 Å². The molecule has 0 fully saturated rings. The molecule has 1 unspecified atom stereocenters. The van der Waals surface area contributed by atoms with Crippen LogP contribution in [-0.2, 0) is 22.9 Å². The molecular formula is C19H25N3O3S2. The van der Waals surface area contributed by atoms with Crippen molar-refractivity contribution in [1.29, 1.82) is 0 Å². The Morgan fingerprint density at radius 3 is 2.56 bits per heavy atom. The van der Waals surface area contributed by atoms with E-state index in [1.54, 1.807) is 26.0 Å². The van der Waals surface area contributed by atoms with E-state index in [4.69, 9.17) is 0 Å². The Bertz CT molecular complexity index is 916. The Balaban J connectivity index is 1.73. The van der Waals surface area contributed by atoms with Gasteiger partial charge in [0.05, 0.1) is 10.6 Å². The Kier molecular flexibility index (Phi) is 5.98. The van der Waals surface area contributed by atoms with Gasteiger partial charge in [0.15, 0.2) is 5.13 Å². The Morgan fingerprint density at radius 1 is 1.26 bits per heavy atom. The molecule has 1 heterocycles. The monoisotopic (exact) mass is 407 g/mol. The molecule has 8 heteroatoms. The first-order chi connectivity index (χ1) is 12.8. The van der Waals surface area contributed by atoms with Gasteiger partial charge in [-0.05, 0) is 49.4 Å². The van der Waals surface area contributed by atoms with E-state index in [0.29, 0.717) is 29.7 Å². The Hall–Kier alpha value is -1.77. The lowest BCUT2D eigenvalue weighted by atomic mass is 9.93. The SMILES string of the molecule is CCN(CC)S(=O)(=O)c1ccc(C(=O)Nc2nc3c(s2)CC(C)CC3)cc1. The van der Waals surface area contributed by atoms with Crippen LogP contribution in [-0.4, -0.2) is 36.7 Å². The highest BCUT2D eigenvalue weighted by molar-refractivity contribution is 7.89. The number of hydrogen-bond acceptors (Lipinski definition) is 5. The summed E-state index contributed by atoms with van der Waals surface area (Å²) < 4.78 is 26.4. The minimum absolute atomic E-state index is 0.196. The fraction of sp³-hybridized carbons (Fsp3) is 0.474. The van der Waals surface area contributed by atoms with Gasteiger partial charge in [-0.2, -0.15) is 4.31 Å². The fourth-order valence-electron chi connectivity index (χ4n) is 3.25. The topological polar surface area (TPSA) is 79.4 Å². The van der Waals surface area contributed by atoms with Gasteiger partial charge in [-0.1, -0.05) is 20.8 Å². The number of thiazole rings is 1. The van der Waals surface area contributed by atoms with Gasteiger partial charge >= 0.3 is 0 Å². The predicted octanol–water partition coefficient (Wildman–Crippen LogP) is 3.55. The lowest BCUT2D eigenvalue weighted by Crippen LogP contribution is -2.30. The molecule has 1 atom stereocenters. The number of rotatable bonds is 6. The molecule has 6 nitrogen and oxygen atoms in total. The molecule has 0 aliphatic heterocycles. The highest BCUT2D eigenvalue weighted by Gasteiger charge is 2.23. The van der Waals surface area contributed by atoms with E-state index in [1.807, 2.05) is 0 Å². The van der Waals surface area contributed by atoms with Gasteiger partial charge in [0.25, 0.3) is 5.91 Å². The number of hydrogen-bond donors (Lipinski definition) is 1. The van der Waals surface area contributed by atoms with E-state index in [2.05, 4.69) is 17.2 Å². The van der Waals surface area contributed by atoms with Gasteiger partial charge in [-0.15, -0.1) is 11.3 Å². The summed E-state index contributed by atoms with van der Waals surface area (Å²) in [4.78, 5) is 18.5. The summed E-state index contributed by atoms with van der Waals surface area (Å²) in [6.07, 6.45) is 3.11. The van der Waals surface area contributed by atoms with Crippen LogP contribution >= 0.6 is 11.3 Å². The van der Waals surface area contributed by atoms with Crippen molar-refractivity contribution in [2.45, 2.75) is 44.9 Å². The summed E-state index contributed by atoms with van der Waals surface area (Å²) >= 11 is 1.53. The molecule has 0 spiro atoms. The Labute approximate surface area is 164 Å². The summed E-state index contributed by atoms with van der Waals surface area (Å²) in [5.41, 5.74) is 1.50. The number of nitrogens with one attached hydrogen (secondary N) is 1. The lowest BCUT2D eigenvalue weighted by molar-refractivity contribution is 0.102. The van der Waals surface area contributed by atoms with Crippen molar-refractivity contribution in [3.8, 4) is 0 Å². The second-order valence-corrected chi connectivity index (χ2v) is 9.83. The number of benzene rings is 1. The molecule has 1 aromatic carbocycles. The van der Waals surface area contributed by atoms with Crippen molar-refractivity contribution in [1.82, 2.24) is 9.29 Å². The molecule has 0 radical (unpaired) electrons. The number of aryl methyl sites for hydroxylation is 1. The van der Waals surface area contributed by atoms with Gasteiger partial charge in [-0.3, -0.25) is 10.1 Å². The number of anilines is 1.